The number of nitrogens with zero attached hydrogens (tertiary/aromatic N) is 2. The van der Waals surface area contributed by atoms with Gasteiger partial charge in [0, 0.05) is 50.4 Å². The van der Waals surface area contributed by atoms with E-state index in [4.69, 9.17) is 0 Å². The number of amides is 2. The first-order chi connectivity index (χ1) is 12.8. The van der Waals surface area contributed by atoms with Crippen LogP contribution >= 0.6 is 11.3 Å². The fourth-order valence-electron chi connectivity index (χ4n) is 3.63. The zero-order chi connectivity index (χ0) is 19.4. The number of carbonyl (C=O) groups is 2. The Morgan fingerprint density at radius 2 is 1.96 bits per heavy atom. The second-order valence-corrected chi connectivity index (χ2v) is 10.3. The summed E-state index contributed by atoms with van der Waals surface area (Å²) >= 11 is 1.74. The van der Waals surface area contributed by atoms with Crippen molar-refractivity contribution in [2.24, 2.45) is 5.92 Å². The van der Waals surface area contributed by atoms with Crippen LogP contribution in [0.5, 0.6) is 0 Å². The van der Waals surface area contributed by atoms with Crippen molar-refractivity contribution in [3.8, 4) is 0 Å². The first kappa shape index (κ1) is 20.3. The molecule has 27 heavy (non-hydrogen) atoms. The zero-order valence-corrected chi connectivity index (χ0v) is 17.3. The molecule has 0 spiro atoms. The Hall–Kier alpha value is -1.45. The van der Waals surface area contributed by atoms with E-state index in [2.05, 4.69) is 16.8 Å². The molecule has 2 amide bonds. The highest BCUT2D eigenvalue weighted by molar-refractivity contribution is 7.88. The van der Waals surface area contributed by atoms with E-state index in [1.54, 1.807) is 11.3 Å². The third kappa shape index (κ3) is 5.52. The van der Waals surface area contributed by atoms with E-state index in [0.717, 1.165) is 25.8 Å². The van der Waals surface area contributed by atoms with Gasteiger partial charge < -0.3 is 10.2 Å². The summed E-state index contributed by atoms with van der Waals surface area (Å²) in [5, 5.41) is 4.96. The Balaban J connectivity index is 1.34. The van der Waals surface area contributed by atoms with E-state index in [-0.39, 0.29) is 24.7 Å². The highest BCUT2D eigenvalue weighted by atomic mass is 32.2. The summed E-state index contributed by atoms with van der Waals surface area (Å²) < 4.78 is 24.5. The number of sulfonamides is 1. The summed E-state index contributed by atoms with van der Waals surface area (Å²) in [6.45, 7) is 2.95. The molecule has 1 aromatic heterocycles. The van der Waals surface area contributed by atoms with Gasteiger partial charge in [0.05, 0.1) is 6.26 Å². The van der Waals surface area contributed by atoms with Crippen molar-refractivity contribution in [2.45, 2.75) is 38.6 Å². The predicted octanol–water partition coefficient (Wildman–Crippen LogP) is 1.20. The number of thiophene rings is 1. The molecule has 1 fully saturated rings. The molecule has 0 atom stereocenters. The van der Waals surface area contributed by atoms with Gasteiger partial charge >= 0.3 is 0 Å². The SMILES string of the molecule is CS(=O)(=O)N1CCC(CNC(=O)CCC(=O)N2CCc3sccc3C2)CC1. The highest BCUT2D eigenvalue weighted by Crippen LogP contribution is 2.24. The molecule has 3 rings (SSSR count). The van der Waals surface area contributed by atoms with Gasteiger partial charge in [-0.05, 0) is 42.2 Å². The second kappa shape index (κ2) is 8.70. The monoisotopic (exact) mass is 413 g/mol. The van der Waals surface area contributed by atoms with Crippen molar-refractivity contribution in [3.63, 3.8) is 0 Å². The molecule has 7 nitrogen and oxygen atoms in total. The molecular weight excluding hydrogens is 386 g/mol. The Bertz CT molecular complexity index is 782. The van der Waals surface area contributed by atoms with Gasteiger partial charge in [0.25, 0.3) is 0 Å². The molecule has 0 unspecified atom stereocenters. The number of hydrogen-bond donors (Lipinski definition) is 1. The maximum atomic E-state index is 12.4. The van der Waals surface area contributed by atoms with Crippen molar-refractivity contribution in [1.82, 2.24) is 14.5 Å². The Labute approximate surface area is 164 Å². The van der Waals surface area contributed by atoms with Crippen LogP contribution in [0.3, 0.4) is 0 Å². The van der Waals surface area contributed by atoms with Gasteiger partial charge in [-0.1, -0.05) is 0 Å². The lowest BCUT2D eigenvalue weighted by Gasteiger charge is -2.30. The van der Waals surface area contributed by atoms with Crippen molar-refractivity contribution in [1.29, 1.82) is 0 Å². The molecule has 0 radical (unpaired) electrons. The number of fused-ring (bicyclic) bond motifs is 1. The number of carbonyl (C=O) groups excluding carboxylic acids is 2. The van der Waals surface area contributed by atoms with Crippen LogP contribution in [0, 0.1) is 5.92 Å². The van der Waals surface area contributed by atoms with E-state index < -0.39 is 10.0 Å². The summed E-state index contributed by atoms with van der Waals surface area (Å²) in [4.78, 5) is 27.6. The van der Waals surface area contributed by atoms with Gasteiger partial charge in [0.2, 0.25) is 21.8 Å². The lowest BCUT2D eigenvalue weighted by atomic mass is 9.98. The third-order valence-corrected chi connectivity index (χ3v) is 7.68. The molecule has 0 bridgehead atoms. The van der Waals surface area contributed by atoms with E-state index in [0.29, 0.717) is 32.1 Å². The molecule has 1 saturated heterocycles. The third-order valence-electron chi connectivity index (χ3n) is 5.36. The van der Waals surface area contributed by atoms with Crippen LogP contribution in [0.25, 0.3) is 0 Å². The molecule has 0 saturated carbocycles. The van der Waals surface area contributed by atoms with E-state index in [1.807, 2.05) is 4.90 Å². The van der Waals surface area contributed by atoms with Crippen LogP contribution in [0.1, 0.15) is 36.1 Å². The van der Waals surface area contributed by atoms with Crippen molar-refractivity contribution < 1.29 is 18.0 Å². The molecule has 0 aromatic carbocycles. The molecule has 9 heteroatoms. The molecule has 1 aromatic rings. The zero-order valence-electron chi connectivity index (χ0n) is 15.6. The fourth-order valence-corrected chi connectivity index (χ4v) is 5.40. The molecule has 1 N–H and O–H groups in total. The second-order valence-electron chi connectivity index (χ2n) is 7.34. The summed E-state index contributed by atoms with van der Waals surface area (Å²) in [6.07, 6.45) is 4.07. The number of hydrogen-bond acceptors (Lipinski definition) is 5. The van der Waals surface area contributed by atoms with Gasteiger partial charge in [-0.3, -0.25) is 9.59 Å². The van der Waals surface area contributed by atoms with Crippen molar-refractivity contribution >= 4 is 33.2 Å². The molecule has 2 aliphatic heterocycles. The minimum Gasteiger partial charge on any atom is -0.356 e. The predicted molar refractivity (Wildman–Crippen MR) is 105 cm³/mol. The van der Waals surface area contributed by atoms with E-state index in [9.17, 15) is 18.0 Å². The maximum absolute atomic E-state index is 12.4. The normalized spacial score (nSPS) is 18.9. The topological polar surface area (TPSA) is 86.8 Å². The molecular formula is C18H27N3O4S2. The molecule has 2 aliphatic rings. The first-order valence-electron chi connectivity index (χ1n) is 9.38. The van der Waals surface area contributed by atoms with Crippen LogP contribution in [-0.2, 0) is 32.6 Å². The average molecular weight is 414 g/mol. The first-order valence-corrected chi connectivity index (χ1v) is 12.1. The van der Waals surface area contributed by atoms with Crippen LogP contribution in [0.4, 0.5) is 0 Å². The van der Waals surface area contributed by atoms with Crippen LogP contribution in [0.2, 0.25) is 0 Å². The molecule has 3 heterocycles. The quantitative estimate of drug-likeness (QED) is 0.759. The average Bonchev–Trinajstić information content (AvgIpc) is 3.11. The van der Waals surface area contributed by atoms with Crippen LogP contribution < -0.4 is 5.32 Å². The Kier molecular flexibility index (Phi) is 6.54. The van der Waals surface area contributed by atoms with Gasteiger partial charge in [0.1, 0.15) is 0 Å². The van der Waals surface area contributed by atoms with Crippen molar-refractivity contribution in [2.75, 3.05) is 32.4 Å². The highest BCUT2D eigenvalue weighted by Gasteiger charge is 2.25. The molecule has 150 valence electrons. The maximum Gasteiger partial charge on any atom is 0.223 e. The molecule has 0 aliphatic carbocycles. The standard InChI is InChI=1S/C18H27N3O4S2/c1-27(24,25)21-9-4-14(5-10-21)12-19-17(22)2-3-18(23)20-8-6-16-15(13-20)7-11-26-16/h7,11,14H,2-6,8-10,12-13H2,1H3,(H,19,22). The van der Waals surface area contributed by atoms with Gasteiger partial charge in [-0.15, -0.1) is 11.3 Å². The van der Waals surface area contributed by atoms with E-state index in [1.165, 1.54) is 21.0 Å². The summed E-state index contributed by atoms with van der Waals surface area (Å²) in [6, 6.07) is 2.07. The minimum atomic E-state index is -3.12. The smallest absolute Gasteiger partial charge is 0.223 e. The van der Waals surface area contributed by atoms with Gasteiger partial charge in [-0.2, -0.15) is 0 Å². The summed E-state index contributed by atoms with van der Waals surface area (Å²) in [5.74, 6) is 0.215. The lowest BCUT2D eigenvalue weighted by Crippen LogP contribution is -2.41. The van der Waals surface area contributed by atoms with Crippen LogP contribution in [-0.4, -0.2) is 61.9 Å². The number of nitrogens with one attached hydrogen (secondary N) is 1. The van der Waals surface area contributed by atoms with Gasteiger partial charge in [0.15, 0.2) is 0 Å². The number of piperidine rings is 1. The Morgan fingerprint density at radius 3 is 2.67 bits per heavy atom. The largest absolute Gasteiger partial charge is 0.356 e. The minimum absolute atomic E-state index is 0.0310. The lowest BCUT2D eigenvalue weighted by molar-refractivity contribution is -0.134. The Morgan fingerprint density at radius 1 is 1.22 bits per heavy atom. The summed E-state index contributed by atoms with van der Waals surface area (Å²) in [5.41, 5.74) is 1.23. The number of rotatable bonds is 6. The summed E-state index contributed by atoms with van der Waals surface area (Å²) in [7, 11) is -3.12. The van der Waals surface area contributed by atoms with Crippen molar-refractivity contribution in [3.05, 3.63) is 21.9 Å². The van der Waals surface area contributed by atoms with Gasteiger partial charge in [-0.25, -0.2) is 12.7 Å². The fraction of sp³-hybridized carbons (Fsp3) is 0.667. The van der Waals surface area contributed by atoms with E-state index >= 15 is 0 Å². The van der Waals surface area contributed by atoms with Crippen LogP contribution in [0.15, 0.2) is 11.4 Å².